The number of ether oxygens (including phenoxy) is 1. The van der Waals surface area contributed by atoms with Crippen LogP contribution in [0.15, 0.2) is 12.7 Å². The van der Waals surface area contributed by atoms with E-state index in [0.717, 1.165) is 12.8 Å². The lowest BCUT2D eigenvalue weighted by Crippen LogP contribution is -2.22. The Morgan fingerprint density at radius 3 is 3.00 bits per heavy atom. The van der Waals surface area contributed by atoms with Gasteiger partial charge in [0.2, 0.25) is 0 Å². The first kappa shape index (κ1) is 11.4. The molecule has 7 heteroatoms. The summed E-state index contributed by atoms with van der Waals surface area (Å²) >= 11 is 0. The van der Waals surface area contributed by atoms with E-state index in [-0.39, 0.29) is 12.3 Å². The number of aliphatic hydroxyl groups is 1. The number of nitrogens with zero attached hydrogens (tertiary/aromatic N) is 4. The molecule has 3 N–H and O–H groups in total. The highest BCUT2D eigenvalue weighted by molar-refractivity contribution is 5.81. The van der Waals surface area contributed by atoms with E-state index in [1.807, 2.05) is 4.57 Å². The minimum absolute atomic E-state index is 0.133. The molecule has 3 unspecified atom stereocenters. The second kappa shape index (κ2) is 4.18. The molecule has 3 rings (SSSR count). The topological polar surface area (TPSA) is 99.1 Å². The molecule has 1 fully saturated rings. The first-order valence-electron chi connectivity index (χ1n) is 5.93. The quantitative estimate of drug-likeness (QED) is 0.802. The van der Waals surface area contributed by atoms with Gasteiger partial charge in [0.05, 0.1) is 18.5 Å². The van der Waals surface area contributed by atoms with Crippen molar-refractivity contribution < 1.29 is 9.84 Å². The standard InChI is InChI=1S/C11H15N5O2/c1-6(17)7-2-3-8(18-7)16-5-15-9-10(12)13-4-14-11(9)16/h4-8,17H,2-3H2,1H3,(H2,12,13,14). The summed E-state index contributed by atoms with van der Waals surface area (Å²) in [6.45, 7) is 1.74. The first-order chi connectivity index (χ1) is 8.66. The van der Waals surface area contributed by atoms with Crippen LogP contribution in [0.1, 0.15) is 26.0 Å². The Bertz CT molecular complexity index is 568. The number of nitrogen functional groups attached to an aromatic ring is 1. The maximum atomic E-state index is 9.53. The number of rotatable bonds is 2. The Morgan fingerprint density at radius 1 is 1.44 bits per heavy atom. The molecule has 0 saturated carbocycles. The lowest BCUT2D eigenvalue weighted by atomic mass is 10.1. The Hall–Kier alpha value is -1.73. The molecule has 0 radical (unpaired) electrons. The predicted molar refractivity (Wildman–Crippen MR) is 64.6 cm³/mol. The summed E-state index contributed by atoms with van der Waals surface area (Å²) in [6, 6.07) is 0. The zero-order valence-corrected chi connectivity index (χ0v) is 10.0. The van der Waals surface area contributed by atoms with E-state index >= 15 is 0 Å². The molecule has 0 aromatic carbocycles. The third kappa shape index (κ3) is 1.72. The monoisotopic (exact) mass is 249 g/mol. The van der Waals surface area contributed by atoms with Crippen molar-refractivity contribution >= 4 is 17.0 Å². The molecular weight excluding hydrogens is 234 g/mol. The number of imidazole rings is 1. The van der Waals surface area contributed by atoms with Gasteiger partial charge >= 0.3 is 0 Å². The summed E-state index contributed by atoms with van der Waals surface area (Å²) in [6.07, 6.45) is 3.97. The smallest absolute Gasteiger partial charge is 0.167 e. The summed E-state index contributed by atoms with van der Waals surface area (Å²) in [5.74, 6) is 0.365. The normalized spacial score (nSPS) is 25.7. The zero-order chi connectivity index (χ0) is 12.7. The minimum Gasteiger partial charge on any atom is -0.391 e. The van der Waals surface area contributed by atoms with Gasteiger partial charge in [-0.05, 0) is 19.8 Å². The van der Waals surface area contributed by atoms with E-state index in [9.17, 15) is 5.11 Å². The average Bonchev–Trinajstić information content (AvgIpc) is 2.94. The second-order valence-electron chi connectivity index (χ2n) is 4.53. The summed E-state index contributed by atoms with van der Waals surface area (Å²) < 4.78 is 7.63. The van der Waals surface area contributed by atoms with E-state index in [1.54, 1.807) is 13.3 Å². The maximum Gasteiger partial charge on any atom is 0.167 e. The molecule has 96 valence electrons. The number of anilines is 1. The molecule has 0 aliphatic carbocycles. The van der Waals surface area contributed by atoms with Gasteiger partial charge in [-0.25, -0.2) is 15.0 Å². The number of hydrogen-bond donors (Lipinski definition) is 2. The van der Waals surface area contributed by atoms with Crippen molar-refractivity contribution in [1.29, 1.82) is 0 Å². The van der Waals surface area contributed by atoms with Crippen LogP contribution in [0.4, 0.5) is 5.82 Å². The van der Waals surface area contributed by atoms with Gasteiger partial charge in [0, 0.05) is 0 Å². The number of fused-ring (bicyclic) bond motifs is 1. The molecule has 1 aliphatic heterocycles. The highest BCUT2D eigenvalue weighted by Crippen LogP contribution is 2.32. The summed E-state index contributed by atoms with van der Waals surface area (Å²) in [5, 5.41) is 9.53. The van der Waals surface area contributed by atoms with Crippen LogP contribution in [-0.4, -0.2) is 36.8 Å². The number of aromatic nitrogens is 4. The zero-order valence-electron chi connectivity index (χ0n) is 10.0. The minimum atomic E-state index is -0.468. The Labute approximate surface area is 104 Å². The van der Waals surface area contributed by atoms with Crippen LogP contribution in [0, 0.1) is 0 Å². The van der Waals surface area contributed by atoms with Crippen molar-refractivity contribution in [2.24, 2.45) is 0 Å². The fourth-order valence-electron chi connectivity index (χ4n) is 2.29. The molecule has 3 atom stereocenters. The highest BCUT2D eigenvalue weighted by Gasteiger charge is 2.30. The highest BCUT2D eigenvalue weighted by atomic mass is 16.5. The molecular formula is C11H15N5O2. The van der Waals surface area contributed by atoms with Gasteiger partial charge in [-0.1, -0.05) is 0 Å². The Morgan fingerprint density at radius 2 is 2.28 bits per heavy atom. The molecule has 0 spiro atoms. The lowest BCUT2D eigenvalue weighted by molar-refractivity contribution is -0.0515. The van der Waals surface area contributed by atoms with Crippen LogP contribution in [0.5, 0.6) is 0 Å². The van der Waals surface area contributed by atoms with E-state index in [2.05, 4.69) is 15.0 Å². The van der Waals surface area contributed by atoms with Gasteiger partial charge < -0.3 is 15.6 Å². The Balaban J connectivity index is 1.94. The average molecular weight is 249 g/mol. The second-order valence-corrected chi connectivity index (χ2v) is 4.53. The molecule has 2 aromatic rings. The van der Waals surface area contributed by atoms with Crippen molar-refractivity contribution in [3.05, 3.63) is 12.7 Å². The van der Waals surface area contributed by atoms with Crippen LogP contribution in [0.25, 0.3) is 11.2 Å². The first-order valence-corrected chi connectivity index (χ1v) is 5.93. The number of nitrogens with two attached hydrogens (primary N) is 1. The van der Waals surface area contributed by atoms with Crippen LogP contribution in [0.2, 0.25) is 0 Å². The van der Waals surface area contributed by atoms with E-state index in [0.29, 0.717) is 17.0 Å². The molecule has 18 heavy (non-hydrogen) atoms. The van der Waals surface area contributed by atoms with Crippen LogP contribution in [0.3, 0.4) is 0 Å². The van der Waals surface area contributed by atoms with Crippen molar-refractivity contribution in [3.63, 3.8) is 0 Å². The molecule has 2 aromatic heterocycles. The lowest BCUT2D eigenvalue weighted by Gasteiger charge is -2.16. The fraction of sp³-hybridized carbons (Fsp3) is 0.545. The van der Waals surface area contributed by atoms with Gasteiger partial charge in [0.1, 0.15) is 18.1 Å². The largest absolute Gasteiger partial charge is 0.391 e. The Kier molecular flexibility index (Phi) is 2.64. The summed E-state index contributed by atoms with van der Waals surface area (Å²) in [7, 11) is 0. The number of aliphatic hydroxyl groups excluding tert-OH is 1. The van der Waals surface area contributed by atoms with E-state index in [4.69, 9.17) is 10.5 Å². The van der Waals surface area contributed by atoms with Gasteiger partial charge in [0.15, 0.2) is 11.5 Å². The maximum absolute atomic E-state index is 9.53. The molecule has 1 aliphatic rings. The van der Waals surface area contributed by atoms with Gasteiger partial charge in [-0.3, -0.25) is 4.57 Å². The van der Waals surface area contributed by atoms with Crippen LogP contribution >= 0.6 is 0 Å². The third-order valence-corrected chi connectivity index (χ3v) is 3.27. The van der Waals surface area contributed by atoms with Crippen molar-refractivity contribution in [3.8, 4) is 0 Å². The molecule has 3 heterocycles. The van der Waals surface area contributed by atoms with Crippen LogP contribution < -0.4 is 5.73 Å². The van der Waals surface area contributed by atoms with Gasteiger partial charge in [-0.2, -0.15) is 0 Å². The SMILES string of the molecule is CC(O)C1CCC(n2cnc3c(N)ncnc32)O1. The molecule has 7 nitrogen and oxygen atoms in total. The van der Waals surface area contributed by atoms with E-state index in [1.165, 1.54) is 6.33 Å². The predicted octanol–water partition coefficient (Wildman–Crippen LogP) is 0.467. The summed E-state index contributed by atoms with van der Waals surface area (Å²) in [4.78, 5) is 12.3. The van der Waals surface area contributed by atoms with Gasteiger partial charge in [-0.15, -0.1) is 0 Å². The van der Waals surface area contributed by atoms with Gasteiger partial charge in [0.25, 0.3) is 0 Å². The van der Waals surface area contributed by atoms with Crippen molar-refractivity contribution in [1.82, 2.24) is 19.5 Å². The van der Waals surface area contributed by atoms with Crippen molar-refractivity contribution in [2.45, 2.75) is 38.2 Å². The molecule has 0 amide bonds. The van der Waals surface area contributed by atoms with Crippen LogP contribution in [-0.2, 0) is 4.74 Å². The van der Waals surface area contributed by atoms with Crippen molar-refractivity contribution in [2.75, 3.05) is 5.73 Å². The molecule has 0 bridgehead atoms. The third-order valence-electron chi connectivity index (χ3n) is 3.27. The van der Waals surface area contributed by atoms with E-state index < -0.39 is 6.10 Å². The molecule has 1 saturated heterocycles. The fourth-order valence-corrected chi connectivity index (χ4v) is 2.29. The number of hydrogen-bond acceptors (Lipinski definition) is 6. The summed E-state index contributed by atoms with van der Waals surface area (Å²) in [5.41, 5.74) is 6.99.